The number of carbonyl (C=O) groups excluding carboxylic acids is 6. The SMILES string of the molecule is CC(=O)N(Cc1cc(N(C)C)c2c(c1O)C(=O)C1C(=O)[C@]3(O)C(=O)C(C(N)=O)C(=O)[C@@H](N(C)C)[C@@H]3C[C@@H]1C2)CC(C)(C)C. The van der Waals surface area contributed by atoms with Crippen LogP contribution in [0.5, 0.6) is 5.75 Å². The van der Waals surface area contributed by atoms with Gasteiger partial charge in [0.2, 0.25) is 11.8 Å². The highest BCUT2D eigenvalue weighted by molar-refractivity contribution is 6.32. The number of hydrogen-bond acceptors (Lipinski definition) is 10. The first-order valence-corrected chi connectivity index (χ1v) is 14.4. The zero-order valence-electron chi connectivity index (χ0n) is 26.1. The molecule has 12 heteroatoms. The first-order chi connectivity index (χ1) is 19.7. The number of aliphatic hydroxyl groups is 1. The smallest absolute Gasteiger partial charge is 0.235 e. The Kier molecular flexibility index (Phi) is 8.12. The van der Waals surface area contributed by atoms with Gasteiger partial charge in [-0.05, 0) is 49.9 Å². The molecule has 43 heavy (non-hydrogen) atoms. The highest BCUT2D eigenvalue weighted by Gasteiger charge is 2.69. The lowest BCUT2D eigenvalue weighted by Crippen LogP contribution is -2.74. The van der Waals surface area contributed by atoms with Crippen molar-refractivity contribution >= 4 is 40.6 Å². The number of Topliss-reactive ketones (excluding diaryl/α,β-unsaturated/α-hetero) is 4. The monoisotopic (exact) mass is 598 g/mol. The normalized spacial score (nSPS) is 28.7. The highest BCUT2D eigenvalue weighted by atomic mass is 16.3. The van der Waals surface area contributed by atoms with E-state index in [4.69, 9.17) is 5.73 Å². The molecule has 0 spiro atoms. The van der Waals surface area contributed by atoms with Crippen LogP contribution in [0.3, 0.4) is 0 Å². The van der Waals surface area contributed by atoms with Crippen molar-refractivity contribution in [3.63, 3.8) is 0 Å². The Hall–Kier alpha value is -3.64. The van der Waals surface area contributed by atoms with Crippen LogP contribution in [-0.2, 0) is 36.9 Å². The Balaban J connectivity index is 1.86. The van der Waals surface area contributed by atoms with Gasteiger partial charge in [-0.1, -0.05) is 20.8 Å². The van der Waals surface area contributed by atoms with Gasteiger partial charge in [-0.2, -0.15) is 0 Å². The first-order valence-electron chi connectivity index (χ1n) is 14.4. The Morgan fingerprint density at radius 1 is 1.07 bits per heavy atom. The van der Waals surface area contributed by atoms with E-state index >= 15 is 0 Å². The number of nitrogens with zero attached hydrogens (tertiary/aromatic N) is 3. The van der Waals surface area contributed by atoms with Crippen LogP contribution in [0.4, 0.5) is 5.69 Å². The molecule has 1 aromatic rings. The summed E-state index contributed by atoms with van der Waals surface area (Å²) in [6, 6.07) is 0.570. The summed E-state index contributed by atoms with van der Waals surface area (Å²) in [6.07, 6.45) is 0.134. The average molecular weight is 599 g/mol. The Morgan fingerprint density at radius 2 is 1.67 bits per heavy atom. The van der Waals surface area contributed by atoms with Gasteiger partial charge in [0.1, 0.15) is 5.75 Å². The molecule has 1 aromatic carbocycles. The maximum atomic E-state index is 14.2. The molecule has 6 atom stereocenters. The summed E-state index contributed by atoms with van der Waals surface area (Å²) >= 11 is 0. The second-order valence-corrected chi connectivity index (χ2v) is 13.9. The van der Waals surface area contributed by atoms with Crippen LogP contribution in [0, 0.1) is 29.1 Å². The fraction of sp³-hybridized carbons (Fsp3) is 0.613. The van der Waals surface area contributed by atoms with Crippen molar-refractivity contribution in [2.45, 2.75) is 58.7 Å². The van der Waals surface area contributed by atoms with E-state index in [1.807, 2.05) is 20.8 Å². The van der Waals surface area contributed by atoms with Crippen LogP contribution >= 0.6 is 0 Å². The molecule has 2 fully saturated rings. The molecule has 0 aliphatic heterocycles. The summed E-state index contributed by atoms with van der Waals surface area (Å²) in [5, 5.41) is 23.3. The third-order valence-electron chi connectivity index (χ3n) is 9.07. The van der Waals surface area contributed by atoms with Crippen molar-refractivity contribution in [1.29, 1.82) is 0 Å². The maximum absolute atomic E-state index is 14.2. The molecule has 12 nitrogen and oxygen atoms in total. The quantitative estimate of drug-likeness (QED) is 0.387. The highest BCUT2D eigenvalue weighted by Crippen LogP contribution is 2.52. The fourth-order valence-electron chi connectivity index (χ4n) is 7.28. The molecule has 0 radical (unpaired) electrons. The van der Waals surface area contributed by atoms with Gasteiger partial charge in [-0.25, -0.2) is 0 Å². The van der Waals surface area contributed by atoms with Crippen molar-refractivity contribution in [2.75, 3.05) is 39.6 Å². The molecule has 2 unspecified atom stereocenters. The fourth-order valence-corrected chi connectivity index (χ4v) is 7.28. The Labute approximate surface area is 251 Å². The number of phenols is 1. The van der Waals surface area contributed by atoms with Gasteiger partial charge < -0.3 is 25.7 Å². The number of carbonyl (C=O) groups is 6. The molecule has 234 valence electrons. The third kappa shape index (κ3) is 5.14. The second kappa shape index (κ2) is 10.8. The average Bonchev–Trinajstić information content (AvgIpc) is 2.85. The topological polar surface area (TPSA) is 179 Å². The Morgan fingerprint density at radius 3 is 2.16 bits per heavy atom. The van der Waals surface area contributed by atoms with E-state index in [0.717, 1.165) is 0 Å². The van der Waals surface area contributed by atoms with Gasteiger partial charge in [0.25, 0.3) is 0 Å². The van der Waals surface area contributed by atoms with Crippen molar-refractivity contribution in [3.8, 4) is 5.75 Å². The zero-order chi connectivity index (χ0) is 32.5. The maximum Gasteiger partial charge on any atom is 0.235 e. The predicted octanol–water partition coefficient (Wildman–Crippen LogP) is 0.328. The van der Waals surface area contributed by atoms with Crippen LogP contribution in [0.1, 0.15) is 55.6 Å². The summed E-state index contributed by atoms with van der Waals surface area (Å²) in [5.41, 5.74) is 3.70. The first kappa shape index (κ1) is 32.3. The van der Waals surface area contributed by atoms with E-state index in [9.17, 15) is 39.0 Å². The summed E-state index contributed by atoms with van der Waals surface area (Å²) < 4.78 is 0. The standard InChI is InChI=1S/C31H42N4O8/c1-14(36)35(13-30(2,3)4)12-16-11-19(33(5)6)17-9-15-10-18-23(34(7)8)26(39)22(29(32)42)28(41)31(18,43)27(40)20(15)25(38)21(17)24(16)37/h11,15,18,20,22-23,37,43H,9-10,12-13H2,1-8H3,(H2,32,42)/t15-,18-,20?,22?,23-,31-/m0/s1. The van der Waals surface area contributed by atoms with Crippen LogP contribution in [-0.4, -0.2) is 101 Å². The van der Waals surface area contributed by atoms with E-state index in [1.165, 1.54) is 11.8 Å². The minimum atomic E-state index is -2.79. The van der Waals surface area contributed by atoms with Crippen molar-refractivity contribution in [1.82, 2.24) is 9.80 Å². The van der Waals surface area contributed by atoms with Crippen LogP contribution in [0.2, 0.25) is 0 Å². The number of nitrogens with two attached hydrogens (primary N) is 1. The number of benzene rings is 1. The lowest BCUT2D eigenvalue weighted by Gasteiger charge is -2.52. The Bertz CT molecular complexity index is 1430. The number of aromatic hydroxyl groups is 1. The van der Waals surface area contributed by atoms with E-state index in [2.05, 4.69) is 0 Å². The number of amides is 2. The molecule has 4 rings (SSSR count). The molecule has 0 aromatic heterocycles. The van der Waals surface area contributed by atoms with E-state index in [0.29, 0.717) is 23.4 Å². The molecule has 0 heterocycles. The lowest BCUT2D eigenvalue weighted by atomic mass is 9.52. The van der Waals surface area contributed by atoms with E-state index < -0.39 is 64.4 Å². The number of anilines is 1. The van der Waals surface area contributed by atoms with E-state index in [1.54, 1.807) is 44.1 Å². The van der Waals surface area contributed by atoms with Crippen LogP contribution in [0.15, 0.2) is 6.07 Å². The number of rotatable bonds is 6. The van der Waals surface area contributed by atoms with Gasteiger partial charge in [0.05, 0.1) is 17.5 Å². The molecular formula is C31H42N4O8. The molecule has 0 bridgehead atoms. The van der Waals surface area contributed by atoms with Gasteiger partial charge in [0, 0.05) is 51.3 Å². The van der Waals surface area contributed by atoms with Gasteiger partial charge in [-0.15, -0.1) is 0 Å². The summed E-state index contributed by atoms with van der Waals surface area (Å²) in [4.78, 5) is 84.6. The summed E-state index contributed by atoms with van der Waals surface area (Å²) in [6.45, 7) is 7.74. The minimum Gasteiger partial charge on any atom is -0.507 e. The minimum absolute atomic E-state index is 0.0132. The molecule has 0 saturated heterocycles. The molecule has 2 saturated carbocycles. The predicted molar refractivity (Wildman–Crippen MR) is 156 cm³/mol. The van der Waals surface area contributed by atoms with Gasteiger partial charge in [-0.3, -0.25) is 33.7 Å². The number of hydrogen-bond donors (Lipinski definition) is 3. The number of ketones is 4. The zero-order valence-corrected chi connectivity index (χ0v) is 26.1. The molecule has 3 aliphatic rings. The number of likely N-dealkylation sites (N-methyl/N-ethyl adjacent to an activating group) is 1. The number of primary amides is 1. The lowest BCUT2D eigenvalue weighted by molar-refractivity contribution is -0.181. The summed E-state index contributed by atoms with van der Waals surface area (Å²) in [5.74, 6) is -11.2. The van der Waals surface area contributed by atoms with Crippen LogP contribution < -0.4 is 10.6 Å². The van der Waals surface area contributed by atoms with Crippen molar-refractivity contribution in [2.24, 2.45) is 34.8 Å². The number of fused-ring (bicyclic) bond motifs is 3. The van der Waals surface area contributed by atoms with Crippen molar-refractivity contribution in [3.05, 3.63) is 22.8 Å². The molecule has 4 N–H and O–H groups in total. The summed E-state index contributed by atoms with van der Waals surface area (Å²) in [7, 11) is 6.64. The second-order valence-electron chi connectivity index (χ2n) is 13.9. The van der Waals surface area contributed by atoms with Crippen LogP contribution in [0.25, 0.3) is 0 Å². The third-order valence-corrected chi connectivity index (χ3v) is 9.07. The molecule has 2 amide bonds. The van der Waals surface area contributed by atoms with Crippen molar-refractivity contribution < 1.29 is 39.0 Å². The van der Waals surface area contributed by atoms with Gasteiger partial charge in [0.15, 0.2) is 34.7 Å². The van der Waals surface area contributed by atoms with Gasteiger partial charge >= 0.3 is 0 Å². The van der Waals surface area contributed by atoms with E-state index in [-0.39, 0.29) is 42.0 Å². The molecule has 3 aliphatic carbocycles. The largest absolute Gasteiger partial charge is 0.507 e. The molecular weight excluding hydrogens is 556 g/mol. The number of phenolic OH excluding ortho intramolecular Hbond substituents is 1.